The minimum atomic E-state index is 0.0362. The first-order valence-corrected chi connectivity index (χ1v) is 8.72. The minimum absolute atomic E-state index is 0.0362. The van der Waals surface area contributed by atoms with Crippen LogP contribution in [0.2, 0.25) is 0 Å². The van der Waals surface area contributed by atoms with Gasteiger partial charge in [0.2, 0.25) is 11.8 Å². The molecule has 0 spiro atoms. The standard InChI is InChI=1S/C19H22N2O3/c22-19(16-10-15(16)17-6-3-9-23-17)21-12-13-7-8-18(20-11-13)24-14-4-1-2-5-14/h3,6-9,11,14-16H,1-2,4-5,10,12H2,(H,21,22). The summed E-state index contributed by atoms with van der Waals surface area (Å²) in [7, 11) is 0. The monoisotopic (exact) mass is 326 g/mol. The highest BCUT2D eigenvalue weighted by Gasteiger charge is 2.45. The fourth-order valence-electron chi connectivity index (χ4n) is 3.38. The molecule has 2 aliphatic carbocycles. The van der Waals surface area contributed by atoms with Gasteiger partial charge in [-0.1, -0.05) is 6.07 Å². The van der Waals surface area contributed by atoms with Crippen molar-refractivity contribution in [2.24, 2.45) is 5.92 Å². The average molecular weight is 326 g/mol. The zero-order chi connectivity index (χ0) is 16.4. The van der Waals surface area contributed by atoms with Crippen LogP contribution in [-0.4, -0.2) is 17.0 Å². The van der Waals surface area contributed by atoms with Crippen molar-refractivity contribution in [3.05, 3.63) is 48.0 Å². The molecule has 0 aliphatic heterocycles. The maximum Gasteiger partial charge on any atom is 0.224 e. The normalized spacial score (nSPS) is 23.2. The highest BCUT2D eigenvalue weighted by atomic mass is 16.5. The molecule has 2 fully saturated rings. The Morgan fingerprint density at radius 2 is 2.17 bits per heavy atom. The molecule has 5 heteroatoms. The second kappa shape index (κ2) is 6.67. The van der Waals surface area contributed by atoms with Crippen LogP contribution in [0.15, 0.2) is 41.1 Å². The molecule has 1 amide bonds. The van der Waals surface area contributed by atoms with Crippen LogP contribution in [-0.2, 0) is 11.3 Å². The molecular formula is C19H22N2O3. The number of nitrogens with one attached hydrogen (secondary N) is 1. The maximum absolute atomic E-state index is 12.2. The van der Waals surface area contributed by atoms with Crippen LogP contribution in [0.1, 0.15) is 49.3 Å². The van der Waals surface area contributed by atoms with Gasteiger partial charge in [-0.15, -0.1) is 0 Å². The third-order valence-corrected chi connectivity index (χ3v) is 4.89. The molecule has 2 unspecified atom stereocenters. The number of nitrogens with zero attached hydrogens (tertiary/aromatic N) is 1. The molecule has 0 aromatic carbocycles. The Labute approximate surface area is 141 Å². The topological polar surface area (TPSA) is 64.4 Å². The second-order valence-corrected chi connectivity index (χ2v) is 6.71. The van der Waals surface area contributed by atoms with Crippen LogP contribution >= 0.6 is 0 Å². The van der Waals surface area contributed by atoms with E-state index in [9.17, 15) is 4.79 Å². The predicted octanol–water partition coefficient (Wildman–Crippen LogP) is 3.42. The summed E-state index contributed by atoms with van der Waals surface area (Å²) < 4.78 is 11.2. The second-order valence-electron chi connectivity index (χ2n) is 6.71. The first kappa shape index (κ1) is 15.2. The lowest BCUT2D eigenvalue weighted by Gasteiger charge is -2.12. The van der Waals surface area contributed by atoms with E-state index in [0.29, 0.717) is 18.5 Å². The maximum atomic E-state index is 12.2. The largest absolute Gasteiger partial charge is 0.474 e. The molecule has 2 aliphatic rings. The molecule has 0 saturated heterocycles. The number of aromatic nitrogens is 1. The van der Waals surface area contributed by atoms with Crippen molar-refractivity contribution >= 4 is 5.91 Å². The van der Waals surface area contributed by atoms with E-state index in [-0.39, 0.29) is 17.7 Å². The Kier molecular flexibility index (Phi) is 4.24. The van der Waals surface area contributed by atoms with Crippen LogP contribution in [0, 0.1) is 5.92 Å². The van der Waals surface area contributed by atoms with Gasteiger partial charge in [0.05, 0.1) is 6.26 Å². The van der Waals surface area contributed by atoms with E-state index in [4.69, 9.17) is 9.15 Å². The zero-order valence-electron chi connectivity index (χ0n) is 13.6. The van der Waals surface area contributed by atoms with Crippen molar-refractivity contribution in [2.75, 3.05) is 0 Å². The average Bonchev–Trinajstić information content (AvgIpc) is 3.01. The Hall–Kier alpha value is -2.30. The van der Waals surface area contributed by atoms with Gasteiger partial charge in [0.1, 0.15) is 11.9 Å². The van der Waals surface area contributed by atoms with E-state index in [0.717, 1.165) is 30.6 Å². The first-order valence-electron chi connectivity index (χ1n) is 8.72. The van der Waals surface area contributed by atoms with Gasteiger partial charge in [-0.25, -0.2) is 4.98 Å². The quantitative estimate of drug-likeness (QED) is 0.883. The molecule has 126 valence electrons. The Morgan fingerprint density at radius 1 is 1.29 bits per heavy atom. The summed E-state index contributed by atoms with van der Waals surface area (Å²) in [5.41, 5.74) is 0.984. The number of hydrogen-bond donors (Lipinski definition) is 1. The number of rotatable bonds is 6. The number of carbonyl (C=O) groups is 1. The molecule has 2 aromatic rings. The van der Waals surface area contributed by atoms with Crippen LogP contribution < -0.4 is 10.1 Å². The highest BCUT2D eigenvalue weighted by Crippen LogP contribution is 2.47. The Balaban J connectivity index is 1.25. The molecule has 0 radical (unpaired) electrons. The lowest BCUT2D eigenvalue weighted by atomic mass is 10.2. The van der Waals surface area contributed by atoms with E-state index in [1.165, 1.54) is 12.8 Å². The SMILES string of the molecule is O=C(NCc1ccc(OC2CCCC2)nc1)C1CC1c1ccco1. The Bertz CT molecular complexity index is 675. The zero-order valence-corrected chi connectivity index (χ0v) is 13.6. The molecule has 24 heavy (non-hydrogen) atoms. The van der Waals surface area contributed by atoms with Crippen molar-refractivity contribution in [1.82, 2.24) is 10.3 Å². The molecule has 4 rings (SSSR count). The van der Waals surface area contributed by atoms with Gasteiger partial charge in [0.25, 0.3) is 0 Å². The third-order valence-electron chi connectivity index (χ3n) is 4.89. The lowest BCUT2D eigenvalue weighted by molar-refractivity contribution is -0.122. The molecule has 2 heterocycles. The van der Waals surface area contributed by atoms with Crippen LogP contribution in [0.5, 0.6) is 5.88 Å². The molecule has 5 nitrogen and oxygen atoms in total. The van der Waals surface area contributed by atoms with Gasteiger partial charge in [-0.3, -0.25) is 4.79 Å². The first-order chi connectivity index (χ1) is 11.8. The van der Waals surface area contributed by atoms with E-state index in [2.05, 4.69) is 10.3 Å². The summed E-state index contributed by atoms with van der Waals surface area (Å²) in [5, 5.41) is 2.98. The number of furan rings is 1. The Morgan fingerprint density at radius 3 is 2.88 bits per heavy atom. The van der Waals surface area contributed by atoms with E-state index in [1.807, 2.05) is 24.3 Å². The predicted molar refractivity (Wildman–Crippen MR) is 88.5 cm³/mol. The van der Waals surface area contributed by atoms with Crippen molar-refractivity contribution in [2.45, 2.75) is 50.7 Å². The number of hydrogen-bond acceptors (Lipinski definition) is 4. The van der Waals surface area contributed by atoms with Gasteiger partial charge in [0.15, 0.2) is 0 Å². The van der Waals surface area contributed by atoms with Gasteiger partial charge in [-0.05, 0) is 49.8 Å². The molecule has 1 N–H and O–H groups in total. The van der Waals surface area contributed by atoms with Crippen LogP contribution in [0.4, 0.5) is 0 Å². The van der Waals surface area contributed by atoms with Crippen molar-refractivity contribution in [1.29, 1.82) is 0 Å². The third kappa shape index (κ3) is 3.45. The molecular weight excluding hydrogens is 304 g/mol. The van der Waals surface area contributed by atoms with E-state index >= 15 is 0 Å². The summed E-state index contributed by atoms with van der Waals surface area (Å²) in [5.74, 6) is 1.94. The van der Waals surface area contributed by atoms with E-state index < -0.39 is 0 Å². The lowest BCUT2D eigenvalue weighted by Crippen LogP contribution is -2.24. The summed E-state index contributed by atoms with van der Waals surface area (Å²) in [6.45, 7) is 0.497. The molecule has 0 bridgehead atoms. The van der Waals surface area contributed by atoms with Gasteiger partial charge in [-0.2, -0.15) is 0 Å². The number of carbonyl (C=O) groups excluding carboxylic acids is 1. The van der Waals surface area contributed by atoms with Crippen molar-refractivity contribution in [3.63, 3.8) is 0 Å². The molecule has 2 aromatic heterocycles. The molecule has 2 atom stereocenters. The highest BCUT2D eigenvalue weighted by molar-refractivity contribution is 5.82. The smallest absolute Gasteiger partial charge is 0.224 e. The van der Waals surface area contributed by atoms with Crippen molar-refractivity contribution in [3.8, 4) is 5.88 Å². The summed E-state index contributed by atoms with van der Waals surface area (Å²) in [4.78, 5) is 16.5. The summed E-state index contributed by atoms with van der Waals surface area (Å²) >= 11 is 0. The van der Waals surface area contributed by atoms with Crippen LogP contribution in [0.25, 0.3) is 0 Å². The van der Waals surface area contributed by atoms with Gasteiger partial charge in [0, 0.05) is 30.6 Å². The van der Waals surface area contributed by atoms with E-state index in [1.54, 1.807) is 12.5 Å². The minimum Gasteiger partial charge on any atom is -0.474 e. The number of pyridine rings is 1. The van der Waals surface area contributed by atoms with Crippen LogP contribution in [0.3, 0.4) is 0 Å². The summed E-state index contributed by atoms with van der Waals surface area (Å²) in [6, 6.07) is 7.66. The molecule has 2 saturated carbocycles. The van der Waals surface area contributed by atoms with Crippen molar-refractivity contribution < 1.29 is 13.9 Å². The number of ether oxygens (including phenoxy) is 1. The number of amides is 1. The fraction of sp³-hybridized carbons (Fsp3) is 0.474. The van der Waals surface area contributed by atoms with Gasteiger partial charge < -0.3 is 14.5 Å². The summed E-state index contributed by atoms with van der Waals surface area (Å²) in [6.07, 6.45) is 9.35. The fourth-order valence-corrected chi connectivity index (χ4v) is 3.38. The van der Waals surface area contributed by atoms with Gasteiger partial charge >= 0.3 is 0 Å².